The molecule has 0 spiro atoms. The first-order chi connectivity index (χ1) is 15.0. The molecule has 31 heavy (non-hydrogen) atoms. The summed E-state index contributed by atoms with van der Waals surface area (Å²) >= 11 is 0. The normalized spacial score (nSPS) is 10.6. The maximum atomic E-state index is 13.5. The van der Waals surface area contributed by atoms with Gasteiger partial charge in [0.1, 0.15) is 23.8 Å². The Hall–Kier alpha value is -4.27. The van der Waals surface area contributed by atoms with E-state index < -0.39 is 17.3 Å². The van der Waals surface area contributed by atoms with Crippen LogP contribution in [0.4, 0.5) is 10.1 Å². The molecule has 2 aromatic carbocycles. The minimum Gasteiger partial charge on any atom is -0.495 e. The Kier molecular flexibility index (Phi) is 5.57. The summed E-state index contributed by atoms with van der Waals surface area (Å²) in [5.74, 6) is -0.191. The van der Waals surface area contributed by atoms with Gasteiger partial charge in [-0.25, -0.2) is 4.39 Å². The van der Waals surface area contributed by atoms with Crippen molar-refractivity contribution in [3.05, 3.63) is 82.9 Å². The number of para-hydroxylation sites is 2. The highest BCUT2D eigenvalue weighted by Gasteiger charge is 2.17. The number of hydrogen-bond acceptors (Lipinski definition) is 6. The number of hydrogen-bond donors (Lipinski definition) is 1. The molecule has 0 saturated carbocycles. The SMILES string of the molecule is COc1ccccc1NC(=O)Cn1c(-c2nc(-c3cccc(F)c3)no2)cccc1=O. The third-order valence-corrected chi connectivity index (χ3v) is 4.46. The van der Waals surface area contributed by atoms with Gasteiger partial charge in [0, 0.05) is 11.6 Å². The minimum absolute atomic E-state index is 0.0297. The van der Waals surface area contributed by atoms with Crippen molar-refractivity contribution >= 4 is 11.6 Å². The van der Waals surface area contributed by atoms with Crippen molar-refractivity contribution in [2.24, 2.45) is 0 Å². The zero-order chi connectivity index (χ0) is 21.8. The molecular weight excluding hydrogens is 403 g/mol. The van der Waals surface area contributed by atoms with Gasteiger partial charge < -0.3 is 14.6 Å². The first kappa shape index (κ1) is 20.0. The maximum Gasteiger partial charge on any atom is 0.274 e. The van der Waals surface area contributed by atoms with Gasteiger partial charge in [0.25, 0.3) is 11.4 Å². The summed E-state index contributed by atoms with van der Waals surface area (Å²) in [5.41, 5.74) is 0.747. The first-order valence-electron chi connectivity index (χ1n) is 9.28. The average Bonchev–Trinajstić information content (AvgIpc) is 3.26. The predicted octanol–water partition coefficient (Wildman–Crippen LogP) is 3.35. The Labute approximate surface area is 175 Å². The molecule has 0 fully saturated rings. The van der Waals surface area contributed by atoms with E-state index in [2.05, 4.69) is 15.5 Å². The number of nitrogens with zero attached hydrogens (tertiary/aromatic N) is 3. The molecular formula is C22H17FN4O4. The largest absolute Gasteiger partial charge is 0.495 e. The van der Waals surface area contributed by atoms with Crippen LogP contribution < -0.4 is 15.6 Å². The van der Waals surface area contributed by atoms with Crippen LogP contribution in [0.3, 0.4) is 0 Å². The van der Waals surface area contributed by atoms with Crippen molar-refractivity contribution < 1.29 is 18.4 Å². The Bertz CT molecular complexity index is 1300. The second-order valence-corrected chi connectivity index (χ2v) is 6.52. The monoisotopic (exact) mass is 420 g/mol. The average molecular weight is 420 g/mol. The van der Waals surface area contributed by atoms with Crippen molar-refractivity contribution in [2.45, 2.75) is 6.54 Å². The number of methoxy groups -OCH3 is 1. The fourth-order valence-electron chi connectivity index (χ4n) is 3.02. The number of pyridine rings is 1. The molecule has 9 heteroatoms. The van der Waals surface area contributed by atoms with Gasteiger partial charge in [0.05, 0.1) is 12.8 Å². The van der Waals surface area contributed by atoms with Crippen LogP contribution in [-0.2, 0) is 11.3 Å². The van der Waals surface area contributed by atoms with Crippen LogP contribution in [0.1, 0.15) is 0 Å². The summed E-state index contributed by atoms with van der Waals surface area (Å²) in [5, 5.41) is 6.58. The van der Waals surface area contributed by atoms with Gasteiger partial charge >= 0.3 is 0 Å². The van der Waals surface area contributed by atoms with Gasteiger partial charge in [0.15, 0.2) is 0 Å². The van der Waals surface area contributed by atoms with E-state index in [4.69, 9.17) is 9.26 Å². The number of halogens is 1. The minimum atomic E-state index is -0.441. The molecule has 0 atom stereocenters. The third kappa shape index (κ3) is 4.35. The van der Waals surface area contributed by atoms with Crippen LogP contribution in [0.2, 0.25) is 0 Å². The summed E-state index contributed by atoms with van der Waals surface area (Å²) < 4.78 is 25.2. The molecule has 0 aliphatic carbocycles. The molecule has 2 aromatic heterocycles. The van der Waals surface area contributed by atoms with E-state index in [1.54, 1.807) is 36.4 Å². The number of benzene rings is 2. The van der Waals surface area contributed by atoms with Crippen molar-refractivity contribution in [1.82, 2.24) is 14.7 Å². The van der Waals surface area contributed by atoms with Gasteiger partial charge in [-0.3, -0.25) is 14.2 Å². The molecule has 1 N–H and O–H groups in total. The lowest BCUT2D eigenvalue weighted by Gasteiger charge is -2.12. The number of carbonyl (C=O) groups is 1. The van der Waals surface area contributed by atoms with Gasteiger partial charge in [-0.2, -0.15) is 4.98 Å². The fourth-order valence-corrected chi connectivity index (χ4v) is 3.02. The molecule has 8 nitrogen and oxygen atoms in total. The lowest BCUT2D eigenvalue weighted by atomic mass is 10.2. The molecule has 2 heterocycles. The number of aromatic nitrogens is 3. The van der Waals surface area contributed by atoms with Crippen molar-refractivity contribution in [1.29, 1.82) is 0 Å². The van der Waals surface area contributed by atoms with Gasteiger partial charge in [-0.15, -0.1) is 0 Å². The second-order valence-electron chi connectivity index (χ2n) is 6.52. The summed E-state index contributed by atoms with van der Waals surface area (Å²) in [4.78, 5) is 29.3. The Morgan fingerprint density at radius 3 is 2.74 bits per heavy atom. The molecule has 0 bridgehead atoms. The molecule has 4 rings (SSSR count). The van der Waals surface area contributed by atoms with Crippen LogP contribution in [-0.4, -0.2) is 27.7 Å². The molecule has 0 aliphatic heterocycles. The highest BCUT2D eigenvalue weighted by Crippen LogP contribution is 2.24. The third-order valence-electron chi connectivity index (χ3n) is 4.46. The zero-order valence-electron chi connectivity index (χ0n) is 16.4. The van der Waals surface area contributed by atoms with E-state index in [-0.39, 0.29) is 24.0 Å². The molecule has 156 valence electrons. The second kappa shape index (κ2) is 8.62. The Morgan fingerprint density at radius 1 is 1.13 bits per heavy atom. The van der Waals surface area contributed by atoms with E-state index in [0.29, 0.717) is 17.0 Å². The zero-order valence-corrected chi connectivity index (χ0v) is 16.4. The van der Waals surface area contributed by atoms with Gasteiger partial charge in [-0.05, 0) is 30.3 Å². The van der Waals surface area contributed by atoms with E-state index >= 15 is 0 Å². The number of amides is 1. The number of ether oxygens (including phenoxy) is 1. The summed E-state index contributed by atoms with van der Waals surface area (Å²) in [7, 11) is 1.50. The summed E-state index contributed by atoms with van der Waals surface area (Å²) in [6.07, 6.45) is 0. The molecule has 0 radical (unpaired) electrons. The van der Waals surface area contributed by atoms with E-state index in [0.717, 1.165) is 0 Å². The molecule has 0 unspecified atom stereocenters. The molecule has 0 saturated heterocycles. The number of nitrogens with one attached hydrogen (secondary N) is 1. The quantitative estimate of drug-likeness (QED) is 0.514. The van der Waals surface area contributed by atoms with Crippen LogP contribution >= 0.6 is 0 Å². The van der Waals surface area contributed by atoms with Crippen LogP contribution in [0, 0.1) is 5.82 Å². The van der Waals surface area contributed by atoms with Crippen LogP contribution in [0.25, 0.3) is 23.0 Å². The smallest absolute Gasteiger partial charge is 0.274 e. The van der Waals surface area contributed by atoms with E-state index in [1.807, 2.05) is 0 Å². The Morgan fingerprint density at radius 2 is 1.94 bits per heavy atom. The van der Waals surface area contributed by atoms with Crippen LogP contribution in [0.15, 0.2) is 76.0 Å². The van der Waals surface area contributed by atoms with E-state index in [1.165, 1.54) is 42.0 Å². The predicted molar refractivity (Wildman–Crippen MR) is 111 cm³/mol. The van der Waals surface area contributed by atoms with Crippen LogP contribution in [0.5, 0.6) is 5.75 Å². The van der Waals surface area contributed by atoms with Crippen molar-refractivity contribution in [3.63, 3.8) is 0 Å². The number of anilines is 1. The summed E-state index contributed by atoms with van der Waals surface area (Å²) in [6.45, 7) is -0.287. The molecule has 1 amide bonds. The van der Waals surface area contributed by atoms with E-state index in [9.17, 15) is 14.0 Å². The maximum absolute atomic E-state index is 13.5. The first-order valence-corrected chi connectivity index (χ1v) is 9.28. The van der Waals surface area contributed by atoms with Gasteiger partial charge in [0.2, 0.25) is 11.7 Å². The Balaban J connectivity index is 1.62. The summed E-state index contributed by atoms with van der Waals surface area (Å²) in [6, 6.07) is 17.1. The molecule has 0 aliphatic rings. The van der Waals surface area contributed by atoms with Gasteiger partial charge in [-0.1, -0.05) is 35.5 Å². The van der Waals surface area contributed by atoms with Crippen molar-refractivity contribution in [2.75, 3.05) is 12.4 Å². The standard InChI is InChI=1S/C22H17FN4O4/c1-30-18-10-3-2-8-16(18)24-19(28)13-27-17(9-5-11-20(27)29)22-25-21(26-31-22)14-6-4-7-15(23)12-14/h2-12H,13H2,1H3,(H,24,28). The number of rotatable bonds is 6. The lowest BCUT2D eigenvalue weighted by Crippen LogP contribution is -2.28. The number of carbonyl (C=O) groups excluding carboxylic acids is 1. The highest BCUT2D eigenvalue weighted by molar-refractivity contribution is 5.92. The topological polar surface area (TPSA) is 99.2 Å². The van der Waals surface area contributed by atoms with Crippen molar-refractivity contribution in [3.8, 4) is 28.7 Å². The fraction of sp³-hybridized carbons (Fsp3) is 0.0909. The lowest BCUT2D eigenvalue weighted by molar-refractivity contribution is -0.116. The highest BCUT2D eigenvalue weighted by atomic mass is 19.1. The molecule has 4 aromatic rings.